The second-order valence-electron chi connectivity index (χ2n) is 9.99. The van der Waals surface area contributed by atoms with Crippen LogP contribution in [0.25, 0.3) is 0 Å². The number of alkyl halides is 2. The molecular formula is C28H46F2N4O5. The Morgan fingerprint density at radius 1 is 1.08 bits per heavy atom. The molecule has 5 N–H and O–H groups in total. The van der Waals surface area contributed by atoms with Crippen LogP contribution in [0.2, 0.25) is 0 Å². The summed E-state index contributed by atoms with van der Waals surface area (Å²) in [5.74, 6) is -3.77. The Balaban J connectivity index is 1.50. The smallest absolute Gasteiger partial charge is 0.325 e. The number of nitrogens with zero attached hydrogens (tertiary/aromatic N) is 1. The van der Waals surface area contributed by atoms with E-state index in [0.29, 0.717) is 11.4 Å². The highest BCUT2D eigenvalue weighted by atomic mass is 19.3. The average molecular weight is 557 g/mol. The monoisotopic (exact) mass is 556 g/mol. The highest BCUT2D eigenvalue weighted by Gasteiger charge is 2.61. The molecule has 1 unspecified atom stereocenters. The number of aliphatic hydroxyl groups is 2. The molecule has 2 aliphatic rings. The number of hydrogen-bond acceptors (Lipinski definition) is 5. The molecule has 11 heteroatoms. The molecule has 0 bridgehead atoms. The highest BCUT2D eigenvalue weighted by Crippen LogP contribution is 2.38. The van der Waals surface area contributed by atoms with Crippen molar-refractivity contribution >= 4 is 12.1 Å². The average Bonchev–Trinajstić information content (AvgIpc) is 3.14. The first kappa shape index (κ1) is 32.7. The van der Waals surface area contributed by atoms with Crippen molar-refractivity contribution in [2.24, 2.45) is 0 Å². The molecule has 4 atom stereocenters. The van der Waals surface area contributed by atoms with E-state index in [0.717, 1.165) is 44.7 Å². The van der Waals surface area contributed by atoms with Crippen molar-refractivity contribution in [2.45, 2.75) is 114 Å². The van der Waals surface area contributed by atoms with Gasteiger partial charge >= 0.3 is 18.0 Å². The highest BCUT2D eigenvalue weighted by molar-refractivity contribution is 5.80. The lowest BCUT2D eigenvalue weighted by Crippen LogP contribution is -2.59. The summed E-state index contributed by atoms with van der Waals surface area (Å²) in [6.07, 6.45) is 18.3. The van der Waals surface area contributed by atoms with Crippen molar-refractivity contribution in [2.75, 3.05) is 13.2 Å². The Labute approximate surface area is 230 Å². The molecule has 2 heterocycles. The molecular weight excluding hydrogens is 510 g/mol. The van der Waals surface area contributed by atoms with E-state index in [1.165, 1.54) is 44.6 Å². The number of rotatable bonds is 18. The summed E-state index contributed by atoms with van der Waals surface area (Å²) in [5, 5.41) is 26.4. The molecule has 0 spiro atoms. The number of aliphatic hydroxyl groups excluding tert-OH is 2. The Morgan fingerprint density at radius 2 is 1.72 bits per heavy atom. The van der Waals surface area contributed by atoms with Gasteiger partial charge in [0, 0.05) is 12.7 Å². The van der Waals surface area contributed by atoms with Crippen molar-refractivity contribution in [3.05, 3.63) is 36.6 Å². The number of urea groups is 2. The van der Waals surface area contributed by atoms with Gasteiger partial charge in [-0.2, -0.15) is 8.78 Å². The molecule has 0 radical (unpaired) electrons. The van der Waals surface area contributed by atoms with Gasteiger partial charge < -0.3 is 30.9 Å². The van der Waals surface area contributed by atoms with Gasteiger partial charge in [0.25, 0.3) is 0 Å². The minimum Gasteiger partial charge on any atom is -0.394 e. The first-order valence-corrected chi connectivity index (χ1v) is 14.2. The number of unbranched alkanes of at least 4 members (excludes halogenated alkanes) is 9. The maximum atomic E-state index is 14.3. The van der Waals surface area contributed by atoms with Gasteiger partial charge in [-0.1, -0.05) is 69.8 Å². The number of amides is 4. The largest absolute Gasteiger partial charge is 0.394 e. The van der Waals surface area contributed by atoms with E-state index in [1.54, 1.807) is 0 Å². The van der Waals surface area contributed by atoms with E-state index >= 15 is 0 Å². The first-order chi connectivity index (χ1) is 18.8. The molecule has 9 nitrogen and oxygen atoms in total. The van der Waals surface area contributed by atoms with Crippen LogP contribution in [0.3, 0.4) is 0 Å². The summed E-state index contributed by atoms with van der Waals surface area (Å²) in [7, 11) is 0. The molecule has 222 valence electrons. The standard InChI is InChI=1S/C28H46F2N4O5/c1-2-3-4-5-6-7-8-9-10-11-12-13-14-15-16-17-19-31-26(37)32-23-18-20-34(27(38)33-23)25-28(29,30)24(36)22(21-35)39-25/h6-7,9-10,18,20,22-25,35-36H,2-5,8,11-17,19,21H2,1H3,(H,33,38)(H2,31,32,37)/t22-,23?,24-,25-/m1/s1. The minimum atomic E-state index is -3.77. The fourth-order valence-electron chi connectivity index (χ4n) is 4.40. The van der Waals surface area contributed by atoms with Gasteiger partial charge in [-0.05, 0) is 44.6 Å². The van der Waals surface area contributed by atoms with Gasteiger partial charge in [-0.3, -0.25) is 4.90 Å². The number of carbonyl (C=O) groups is 2. The number of halogens is 2. The number of carbonyl (C=O) groups excluding carboxylic acids is 2. The van der Waals surface area contributed by atoms with Gasteiger partial charge in [0.2, 0.25) is 6.23 Å². The van der Waals surface area contributed by atoms with Crippen LogP contribution in [0.4, 0.5) is 18.4 Å². The van der Waals surface area contributed by atoms with Gasteiger partial charge in [0.05, 0.1) is 6.61 Å². The summed E-state index contributed by atoms with van der Waals surface area (Å²) in [4.78, 5) is 25.0. The Hall–Kier alpha value is -2.50. The van der Waals surface area contributed by atoms with Crippen LogP contribution >= 0.6 is 0 Å². The molecule has 0 aliphatic carbocycles. The molecule has 0 saturated carbocycles. The molecule has 2 aliphatic heterocycles. The van der Waals surface area contributed by atoms with Crippen LogP contribution in [0.5, 0.6) is 0 Å². The zero-order valence-corrected chi connectivity index (χ0v) is 23.0. The van der Waals surface area contributed by atoms with Crippen molar-refractivity contribution in [1.29, 1.82) is 0 Å². The number of ether oxygens (including phenoxy) is 1. The van der Waals surface area contributed by atoms with Crippen LogP contribution in [0.15, 0.2) is 36.6 Å². The zero-order chi connectivity index (χ0) is 28.5. The molecule has 4 amide bonds. The fourth-order valence-corrected chi connectivity index (χ4v) is 4.40. The van der Waals surface area contributed by atoms with Crippen LogP contribution < -0.4 is 16.0 Å². The number of nitrogens with one attached hydrogen (secondary N) is 3. The number of allylic oxidation sites excluding steroid dienone is 4. The SMILES string of the molecule is CCCCCC=CCC=CCCCCCCCCNC(=O)NC1C=CN([C@@H]2O[C@H](CO)[C@@H](O)C2(F)F)C(=O)N1. The predicted molar refractivity (Wildman–Crippen MR) is 146 cm³/mol. The van der Waals surface area contributed by atoms with Gasteiger partial charge in [-0.15, -0.1) is 0 Å². The molecule has 0 aromatic heterocycles. The van der Waals surface area contributed by atoms with E-state index in [9.17, 15) is 23.5 Å². The summed E-state index contributed by atoms with van der Waals surface area (Å²) >= 11 is 0. The lowest BCUT2D eigenvalue weighted by atomic mass is 10.1. The first-order valence-electron chi connectivity index (χ1n) is 14.2. The van der Waals surface area contributed by atoms with Crippen molar-refractivity contribution < 1.29 is 33.3 Å². The predicted octanol–water partition coefficient (Wildman–Crippen LogP) is 4.68. The molecule has 1 fully saturated rings. The van der Waals surface area contributed by atoms with Crippen molar-refractivity contribution in [3.63, 3.8) is 0 Å². The lowest BCUT2D eigenvalue weighted by Gasteiger charge is -2.33. The summed E-state index contributed by atoms with van der Waals surface area (Å²) in [6, 6.07) is -1.41. The summed E-state index contributed by atoms with van der Waals surface area (Å²) < 4.78 is 33.5. The molecule has 2 rings (SSSR count). The van der Waals surface area contributed by atoms with E-state index < -0.39 is 49.2 Å². The maximum Gasteiger partial charge on any atom is 0.325 e. The Bertz CT molecular complexity index is 824. The maximum absolute atomic E-state index is 14.3. The topological polar surface area (TPSA) is 123 Å². The molecule has 0 aromatic carbocycles. The van der Waals surface area contributed by atoms with Crippen molar-refractivity contribution in [1.82, 2.24) is 20.9 Å². The van der Waals surface area contributed by atoms with Crippen LogP contribution in [-0.2, 0) is 4.74 Å². The van der Waals surface area contributed by atoms with E-state index in [2.05, 4.69) is 47.2 Å². The van der Waals surface area contributed by atoms with E-state index in [-0.39, 0.29) is 0 Å². The van der Waals surface area contributed by atoms with E-state index in [1.807, 2.05) is 0 Å². The Kier molecular flexibility index (Phi) is 15.1. The second-order valence-corrected chi connectivity index (χ2v) is 9.99. The van der Waals surface area contributed by atoms with Crippen LogP contribution in [0, 0.1) is 0 Å². The Morgan fingerprint density at radius 3 is 2.33 bits per heavy atom. The third-order valence-corrected chi connectivity index (χ3v) is 6.71. The quantitative estimate of drug-likeness (QED) is 0.124. The third kappa shape index (κ3) is 11.3. The second kappa shape index (κ2) is 18.0. The van der Waals surface area contributed by atoms with E-state index in [4.69, 9.17) is 9.84 Å². The molecule has 0 aromatic rings. The van der Waals surface area contributed by atoms with Gasteiger partial charge in [-0.25, -0.2) is 9.59 Å². The summed E-state index contributed by atoms with van der Waals surface area (Å²) in [5.41, 5.74) is 0. The normalized spacial score (nSPS) is 24.5. The van der Waals surface area contributed by atoms with Gasteiger partial charge in [0.1, 0.15) is 12.3 Å². The van der Waals surface area contributed by atoms with Crippen LogP contribution in [0.1, 0.15) is 84.0 Å². The van der Waals surface area contributed by atoms with Crippen molar-refractivity contribution in [3.8, 4) is 0 Å². The summed E-state index contributed by atoms with van der Waals surface area (Å²) in [6.45, 7) is 1.89. The fraction of sp³-hybridized carbons (Fsp3) is 0.714. The van der Waals surface area contributed by atoms with Gasteiger partial charge in [0.15, 0.2) is 6.10 Å². The zero-order valence-electron chi connectivity index (χ0n) is 23.0. The molecule has 39 heavy (non-hydrogen) atoms. The minimum absolute atomic E-state index is 0.486. The lowest BCUT2D eigenvalue weighted by molar-refractivity contribution is -0.145. The molecule has 1 saturated heterocycles. The number of hydrogen-bond donors (Lipinski definition) is 5. The van der Waals surface area contributed by atoms with Crippen LogP contribution in [-0.4, -0.2) is 70.9 Å². The third-order valence-electron chi connectivity index (χ3n) is 6.71.